The molecule has 23 heavy (non-hydrogen) atoms. The molecule has 0 aliphatic rings. The minimum atomic E-state index is -0.737. The first-order valence-electron chi connectivity index (χ1n) is 6.31. The third-order valence-electron chi connectivity index (χ3n) is 2.63. The van der Waals surface area contributed by atoms with Crippen LogP contribution in [0.5, 0.6) is 0 Å². The number of aromatic nitrogens is 4. The lowest BCUT2D eigenvalue weighted by Crippen LogP contribution is -2.23. The van der Waals surface area contributed by atoms with Gasteiger partial charge in [0.15, 0.2) is 11.2 Å². The van der Waals surface area contributed by atoms with Gasteiger partial charge < -0.3 is 14.9 Å². The summed E-state index contributed by atoms with van der Waals surface area (Å²) in [5.74, 6) is -0.372. The molecule has 0 aliphatic heterocycles. The summed E-state index contributed by atoms with van der Waals surface area (Å²) in [6.45, 7) is 0.554. The van der Waals surface area contributed by atoms with Crippen LogP contribution in [0.4, 0.5) is 5.95 Å². The highest BCUT2D eigenvalue weighted by molar-refractivity contribution is 5.87. The van der Waals surface area contributed by atoms with E-state index in [0.29, 0.717) is 0 Å². The number of aliphatic hydroxyl groups is 2. The molecule has 12 heteroatoms. The van der Waals surface area contributed by atoms with Gasteiger partial charge in [0.25, 0.3) is 5.56 Å². The smallest absolute Gasteiger partial charge is 0.280 e. The Labute approximate surface area is 129 Å². The number of nitrogens with zero attached hydrogens (tertiary/aromatic N) is 5. The van der Waals surface area contributed by atoms with Crippen molar-refractivity contribution in [3.63, 3.8) is 0 Å². The van der Waals surface area contributed by atoms with E-state index in [2.05, 4.69) is 20.3 Å². The SMILES string of the molecule is CC(=O)Nc1nc2c(ncn2COC(CO)CO)c(=O)[nH]1.N#N. The van der Waals surface area contributed by atoms with E-state index in [4.69, 9.17) is 25.7 Å². The summed E-state index contributed by atoms with van der Waals surface area (Å²) < 4.78 is 6.66. The quantitative estimate of drug-likeness (QED) is 0.454. The second-order valence-electron chi connectivity index (χ2n) is 4.27. The molecule has 0 radical (unpaired) electrons. The highest BCUT2D eigenvalue weighted by Crippen LogP contribution is 2.08. The monoisotopic (exact) mass is 325 g/mol. The van der Waals surface area contributed by atoms with E-state index in [9.17, 15) is 9.59 Å². The summed E-state index contributed by atoms with van der Waals surface area (Å²) >= 11 is 0. The highest BCUT2D eigenvalue weighted by Gasteiger charge is 2.12. The van der Waals surface area contributed by atoms with Crippen LogP contribution in [0.1, 0.15) is 6.92 Å². The number of hydrogen-bond donors (Lipinski definition) is 4. The van der Waals surface area contributed by atoms with Crippen molar-refractivity contribution in [3.8, 4) is 0 Å². The van der Waals surface area contributed by atoms with Crippen LogP contribution in [0.25, 0.3) is 11.2 Å². The number of fused-ring (bicyclic) bond motifs is 1. The zero-order valence-electron chi connectivity index (χ0n) is 12.1. The molecule has 2 rings (SSSR count). The van der Waals surface area contributed by atoms with Gasteiger partial charge >= 0.3 is 0 Å². The minimum absolute atomic E-state index is 0.00242. The number of nitrogens with one attached hydrogen (secondary N) is 2. The number of anilines is 1. The van der Waals surface area contributed by atoms with Gasteiger partial charge in [-0.25, -0.2) is 4.98 Å². The number of aromatic amines is 1. The lowest BCUT2D eigenvalue weighted by Gasteiger charge is -2.13. The number of rotatable bonds is 6. The Hall–Kier alpha value is -2.88. The van der Waals surface area contributed by atoms with Crippen molar-refractivity contribution in [2.24, 2.45) is 0 Å². The third kappa shape index (κ3) is 4.54. The predicted octanol–water partition coefficient (Wildman–Crippen LogP) is -1.56. The molecule has 0 saturated heterocycles. The first-order chi connectivity index (χ1) is 11.0. The predicted molar refractivity (Wildman–Crippen MR) is 74.9 cm³/mol. The molecule has 2 aromatic heterocycles. The van der Waals surface area contributed by atoms with Crippen LogP contribution in [0, 0.1) is 10.8 Å². The maximum absolute atomic E-state index is 11.8. The van der Waals surface area contributed by atoms with Gasteiger partial charge in [-0.1, -0.05) is 0 Å². The molecule has 0 saturated carbocycles. The molecule has 12 nitrogen and oxygen atoms in total. The summed E-state index contributed by atoms with van der Waals surface area (Å²) in [6, 6.07) is 0. The molecule has 124 valence electrons. The third-order valence-corrected chi connectivity index (χ3v) is 2.63. The molecule has 2 aromatic rings. The molecular weight excluding hydrogens is 310 g/mol. The average Bonchev–Trinajstić information content (AvgIpc) is 2.93. The number of ether oxygens (including phenoxy) is 1. The number of hydrogen-bond acceptors (Lipinski definition) is 9. The maximum Gasteiger partial charge on any atom is 0.280 e. The number of imidazole rings is 1. The summed E-state index contributed by atoms with van der Waals surface area (Å²) in [4.78, 5) is 33.2. The maximum atomic E-state index is 11.8. The summed E-state index contributed by atoms with van der Waals surface area (Å²) in [5, 5.41) is 32.2. The van der Waals surface area contributed by atoms with E-state index in [1.54, 1.807) is 0 Å². The van der Waals surface area contributed by atoms with Crippen molar-refractivity contribution in [1.82, 2.24) is 19.5 Å². The van der Waals surface area contributed by atoms with Crippen molar-refractivity contribution < 1.29 is 19.7 Å². The van der Waals surface area contributed by atoms with Crippen LogP contribution in [-0.2, 0) is 16.3 Å². The van der Waals surface area contributed by atoms with Gasteiger partial charge in [0.2, 0.25) is 11.9 Å². The van der Waals surface area contributed by atoms with E-state index < -0.39 is 11.7 Å². The van der Waals surface area contributed by atoms with E-state index in [1.807, 2.05) is 0 Å². The number of amides is 1. The molecule has 1 amide bonds. The Kier molecular flexibility index (Phi) is 6.74. The highest BCUT2D eigenvalue weighted by atomic mass is 16.5. The second kappa shape index (κ2) is 8.54. The van der Waals surface area contributed by atoms with E-state index in [-0.39, 0.29) is 43.0 Å². The van der Waals surface area contributed by atoms with Gasteiger partial charge in [0, 0.05) is 17.7 Å². The summed E-state index contributed by atoms with van der Waals surface area (Å²) in [7, 11) is 0. The van der Waals surface area contributed by atoms with E-state index in [0.717, 1.165) is 0 Å². The number of carbonyl (C=O) groups is 1. The lowest BCUT2D eigenvalue weighted by atomic mass is 10.4. The molecule has 0 aliphatic carbocycles. The van der Waals surface area contributed by atoms with Crippen LogP contribution in [-0.4, -0.2) is 55.0 Å². The minimum Gasteiger partial charge on any atom is -0.394 e. The van der Waals surface area contributed by atoms with Crippen molar-refractivity contribution in [2.45, 2.75) is 19.8 Å². The first kappa shape index (κ1) is 18.2. The van der Waals surface area contributed by atoms with Gasteiger partial charge in [0.05, 0.1) is 19.5 Å². The van der Waals surface area contributed by atoms with E-state index in [1.165, 1.54) is 17.8 Å². The van der Waals surface area contributed by atoms with Crippen LogP contribution in [0.3, 0.4) is 0 Å². The topological polar surface area (TPSA) is 190 Å². The van der Waals surface area contributed by atoms with Gasteiger partial charge in [0.1, 0.15) is 12.8 Å². The van der Waals surface area contributed by atoms with Crippen molar-refractivity contribution in [2.75, 3.05) is 18.5 Å². The molecule has 0 bridgehead atoms. The Morgan fingerprint density at radius 3 is 2.70 bits per heavy atom. The molecule has 4 N–H and O–H groups in total. The Bertz CT molecular complexity index is 733. The molecule has 0 atom stereocenters. The van der Waals surface area contributed by atoms with Crippen molar-refractivity contribution >= 4 is 23.0 Å². The second-order valence-corrected chi connectivity index (χ2v) is 4.27. The fourth-order valence-corrected chi connectivity index (χ4v) is 1.62. The fourth-order valence-electron chi connectivity index (χ4n) is 1.62. The zero-order chi connectivity index (χ0) is 17.4. The molecule has 0 spiro atoms. The van der Waals surface area contributed by atoms with Crippen molar-refractivity contribution in [1.29, 1.82) is 10.8 Å². The lowest BCUT2D eigenvalue weighted by molar-refractivity contribution is -0.114. The normalized spacial score (nSPS) is 10.3. The molecule has 2 heterocycles. The largest absolute Gasteiger partial charge is 0.394 e. The first-order valence-corrected chi connectivity index (χ1v) is 6.31. The van der Waals surface area contributed by atoms with Crippen LogP contribution >= 0.6 is 0 Å². The van der Waals surface area contributed by atoms with Crippen molar-refractivity contribution in [3.05, 3.63) is 16.7 Å². The van der Waals surface area contributed by atoms with E-state index >= 15 is 0 Å². The molecule has 0 fully saturated rings. The van der Waals surface area contributed by atoms with Gasteiger partial charge in [-0.2, -0.15) is 4.98 Å². The van der Waals surface area contributed by atoms with Gasteiger partial charge in [-0.3, -0.25) is 24.5 Å². The molecule has 0 aromatic carbocycles. The fraction of sp³-hybridized carbons (Fsp3) is 0.455. The molecule has 0 unspecified atom stereocenters. The molecular formula is C11H15N7O5. The summed E-state index contributed by atoms with van der Waals surface area (Å²) in [5.41, 5.74) is -0.183. The number of carbonyl (C=O) groups excluding carboxylic acids is 1. The zero-order valence-corrected chi connectivity index (χ0v) is 12.1. The number of aliphatic hydroxyl groups excluding tert-OH is 2. The Morgan fingerprint density at radius 1 is 1.48 bits per heavy atom. The standard InChI is InChI=1S/C11H15N5O5.N2/c1-6(19)13-11-14-9-8(10(20)15-11)12-4-16(9)5-21-7(2-17)3-18;1-2/h4,7,17-18H,2-3,5H2,1H3,(H2,13,14,15,19,20);. The summed E-state index contributed by atoms with van der Waals surface area (Å²) in [6.07, 6.45) is 0.607. The van der Waals surface area contributed by atoms with Crippen LogP contribution in [0.2, 0.25) is 0 Å². The van der Waals surface area contributed by atoms with Gasteiger partial charge in [-0.05, 0) is 0 Å². The van der Waals surface area contributed by atoms with Crippen LogP contribution < -0.4 is 10.9 Å². The van der Waals surface area contributed by atoms with Crippen LogP contribution in [0.15, 0.2) is 11.1 Å². The average molecular weight is 325 g/mol. The number of H-pyrrole nitrogens is 1. The van der Waals surface area contributed by atoms with Gasteiger partial charge in [-0.15, -0.1) is 0 Å². The Balaban J connectivity index is 0.00000127. The Morgan fingerprint density at radius 2 is 2.13 bits per heavy atom.